The minimum atomic E-state index is -3.43. The molecular weight excluding hydrogens is 270 g/mol. The highest BCUT2D eigenvalue weighted by molar-refractivity contribution is 7.92. The summed E-state index contributed by atoms with van der Waals surface area (Å²) < 4.78 is 26.2. The van der Waals surface area contributed by atoms with Gasteiger partial charge in [-0.1, -0.05) is 24.3 Å². The van der Waals surface area contributed by atoms with Crippen molar-refractivity contribution < 1.29 is 8.42 Å². The molecule has 0 saturated carbocycles. The van der Waals surface area contributed by atoms with Crippen LogP contribution in [-0.2, 0) is 22.3 Å². The summed E-state index contributed by atoms with van der Waals surface area (Å²) in [7, 11) is -3.43. The van der Waals surface area contributed by atoms with Crippen LogP contribution in [0.25, 0.3) is 0 Å². The Labute approximate surface area is 110 Å². The van der Waals surface area contributed by atoms with E-state index in [2.05, 4.69) is 9.71 Å². The van der Waals surface area contributed by atoms with Crippen LogP contribution in [0.1, 0.15) is 11.1 Å². The summed E-state index contributed by atoms with van der Waals surface area (Å²) in [6, 6.07) is 7.22. The molecule has 0 bridgehead atoms. The summed E-state index contributed by atoms with van der Waals surface area (Å²) in [5.41, 5.74) is 7.14. The summed E-state index contributed by atoms with van der Waals surface area (Å²) in [6.07, 6.45) is 1.55. The van der Waals surface area contributed by atoms with Crippen LogP contribution in [-0.4, -0.2) is 13.4 Å². The van der Waals surface area contributed by atoms with Crippen LogP contribution in [0.3, 0.4) is 0 Å². The number of nitrogens with zero attached hydrogens (tertiary/aromatic N) is 1. The lowest BCUT2D eigenvalue weighted by atomic mass is 10.1. The number of benzene rings is 1. The minimum Gasteiger partial charge on any atom is -0.326 e. The lowest BCUT2D eigenvalue weighted by Gasteiger charge is -2.06. The summed E-state index contributed by atoms with van der Waals surface area (Å²) in [5, 5.41) is 2.09. The van der Waals surface area contributed by atoms with Crippen molar-refractivity contribution >= 4 is 26.5 Å². The molecule has 1 heterocycles. The number of anilines is 1. The van der Waals surface area contributed by atoms with Crippen LogP contribution >= 0.6 is 11.3 Å². The number of nitrogens with two attached hydrogens (primary N) is 1. The second-order valence-electron chi connectivity index (χ2n) is 3.72. The molecule has 2 rings (SSSR count). The SMILES string of the molecule is NCc1cccc(CS(=O)(=O)Nc2nccs2)c1. The molecule has 0 aliphatic heterocycles. The van der Waals surface area contributed by atoms with Crippen molar-refractivity contribution in [2.45, 2.75) is 12.3 Å². The Hall–Kier alpha value is -1.44. The summed E-state index contributed by atoms with van der Waals surface area (Å²) >= 11 is 1.25. The Morgan fingerprint density at radius 1 is 1.33 bits per heavy atom. The van der Waals surface area contributed by atoms with Crippen molar-refractivity contribution in [2.75, 3.05) is 4.72 Å². The molecule has 7 heteroatoms. The van der Waals surface area contributed by atoms with Crippen LogP contribution in [0.4, 0.5) is 5.13 Å². The van der Waals surface area contributed by atoms with E-state index < -0.39 is 10.0 Å². The highest BCUT2D eigenvalue weighted by atomic mass is 32.2. The Balaban J connectivity index is 2.12. The van der Waals surface area contributed by atoms with Crippen molar-refractivity contribution in [1.82, 2.24) is 4.98 Å². The van der Waals surface area contributed by atoms with Gasteiger partial charge >= 0.3 is 0 Å². The number of hydrogen-bond donors (Lipinski definition) is 2. The van der Waals surface area contributed by atoms with E-state index in [0.717, 1.165) is 5.56 Å². The molecule has 18 heavy (non-hydrogen) atoms. The van der Waals surface area contributed by atoms with Crippen molar-refractivity contribution in [2.24, 2.45) is 5.73 Å². The predicted octanol–water partition coefficient (Wildman–Crippen LogP) is 1.54. The molecule has 0 amide bonds. The topological polar surface area (TPSA) is 85.1 Å². The van der Waals surface area contributed by atoms with Gasteiger partial charge in [0, 0.05) is 18.1 Å². The van der Waals surface area contributed by atoms with Gasteiger partial charge in [-0.15, -0.1) is 11.3 Å². The van der Waals surface area contributed by atoms with Gasteiger partial charge in [0.05, 0.1) is 5.75 Å². The normalized spacial score (nSPS) is 11.4. The van der Waals surface area contributed by atoms with E-state index in [0.29, 0.717) is 17.2 Å². The zero-order valence-electron chi connectivity index (χ0n) is 9.54. The molecule has 96 valence electrons. The van der Waals surface area contributed by atoms with Gasteiger partial charge in [-0.05, 0) is 11.1 Å². The van der Waals surface area contributed by atoms with Crippen LogP contribution in [0.15, 0.2) is 35.8 Å². The lowest BCUT2D eigenvalue weighted by Crippen LogP contribution is -2.15. The van der Waals surface area contributed by atoms with E-state index in [1.54, 1.807) is 29.8 Å². The average molecular weight is 283 g/mol. The van der Waals surface area contributed by atoms with Gasteiger partial charge in [0.1, 0.15) is 0 Å². The predicted molar refractivity (Wildman–Crippen MR) is 72.7 cm³/mol. The maximum absolute atomic E-state index is 11.9. The molecule has 0 fully saturated rings. The third kappa shape index (κ3) is 3.52. The largest absolute Gasteiger partial charge is 0.326 e. The third-order valence-electron chi connectivity index (χ3n) is 2.26. The van der Waals surface area contributed by atoms with Gasteiger partial charge in [-0.2, -0.15) is 0 Å². The van der Waals surface area contributed by atoms with E-state index in [9.17, 15) is 8.42 Å². The Morgan fingerprint density at radius 3 is 2.78 bits per heavy atom. The lowest BCUT2D eigenvalue weighted by molar-refractivity contribution is 0.600. The molecular formula is C11H13N3O2S2. The van der Waals surface area contributed by atoms with E-state index in [-0.39, 0.29) is 5.75 Å². The molecule has 3 N–H and O–H groups in total. The van der Waals surface area contributed by atoms with Crippen LogP contribution in [0, 0.1) is 0 Å². The average Bonchev–Trinajstić information content (AvgIpc) is 2.80. The van der Waals surface area contributed by atoms with Crippen molar-refractivity contribution in [3.05, 3.63) is 47.0 Å². The minimum absolute atomic E-state index is 0.0829. The van der Waals surface area contributed by atoms with Crippen LogP contribution < -0.4 is 10.5 Å². The van der Waals surface area contributed by atoms with E-state index in [1.807, 2.05) is 6.07 Å². The monoisotopic (exact) mass is 283 g/mol. The molecule has 0 saturated heterocycles. The first-order valence-corrected chi connectivity index (χ1v) is 7.80. The quantitative estimate of drug-likeness (QED) is 0.871. The molecule has 0 unspecified atom stereocenters. The molecule has 1 aromatic heterocycles. The van der Waals surface area contributed by atoms with Crippen molar-refractivity contribution in [3.8, 4) is 0 Å². The van der Waals surface area contributed by atoms with Gasteiger partial charge in [0.15, 0.2) is 5.13 Å². The Kier molecular flexibility index (Phi) is 3.95. The zero-order valence-corrected chi connectivity index (χ0v) is 11.2. The summed E-state index contributed by atoms with van der Waals surface area (Å²) in [4.78, 5) is 3.89. The number of rotatable bonds is 5. The van der Waals surface area contributed by atoms with E-state index in [1.165, 1.54) is 11.3 Å². The van der Waals surface area contributed by atoms with Gasteiger partial charge < -0.3 is 5.73 Å². The number of sulfonamides is 1. The first-order valence-electron chi connectivity index (χ1n) is 5.27. The molecule has 0 radical (unpaired) electrons. The molecule has 2 aromatic rings. The van der Waals surface area contributed by atoms with E-state index >= 15 is 0 Å². The van der Waals surface area contributed by atoms with Crippen LogP contribution in [0.5, 0.6) is 0 Å². The number of aromatic nitrogens is 1. The fourth-order valence-electron chi connectivity index (χ4n) is 1.51. The first kappa shape index (κ1) is 13.0. The van der Waals surface area contributed by atoms with Gasteiger partial charge in [-0.25, -0.2) is 13.4 Å². The number of hydrogen-bond acceptors (Lipinski definition) is 5. The molecule has 0 aliphatic rings. The number of nitrogens with one attached hydrogen (secondary N) is 1. The maximum atomic E-state index is 11.9. The van der Waals surface area contributed by atoms with Crippen LogP contribution in [0.2, 0.25) is 0 Å². The highest BCUT2D eigenvalue weighted by Crippen LogP contribution is 2.15. The molecule has 0 atom stereocenters. The smallest absolute Gasteiger partial charge is 0.238 e. The summed E-state index contributed by atoms with van der Waals surface area (Å²) in [5.74, 6) is -0.0829. The fraction of sp³-hybridized carbons (Fsp3) is 0.182. The Morgan fingerprint density at radius 2 is 2.11 bits per heavy atom. The van der Waals surface area contributed by atoms with Gasteiger partial charge in [-0.3, -0.25) is 4.72 Å². The van der Waals surface area contributed by atoms with Crippen molar-refractivity contribution in [3.63, 3.8) is 0 Å². The Bertz CT molecular complexity index is 609. The fourth-order valence-corrected chi connectivity index (χ4v) is 3.46. The van der Waals surface area contributed by atoms with Crippen molar-refractivity contribution in [1.29, 1.82) is 0 Å². The van der Waals surface area contributed by atoms with Gasteiger partial charge in [0.25, 0.3) is 0 Å². The molecule has 0 spiro atoms. The van der Waals surface area contributed by atoms with E-state index in [4.69, 9.17) is 5.73 Å². The molecule has 0 aliphatic carbocycles. The standard InChI is InChI=1S/C11H13N3O2S2/c12-7-9-2-1-3-10(6-9)8-18(15,16)14-11-13-4-5-17-11/h1-6H,7-8,12H2,(H,13,14). The first-order chi connectivity index (χ1) is 8.59. The zero-order chi connectivity index (χ0) is 13.0. The maximum Gasteiger partial charge on any atom is 0.238 e. The molecule has 5 nitrogen and oxygen atoms in total. The summed E-state index contributed by atoms with van der Waals surface area (Å²) in [6.45, 7) is 0.397. The highest BCUT2D eigenvalue weighted by Gasteiger charge is 2.13. The third-order valence-corrected chi connectivity index (χ3v) is 4.29. The number of thiazole rings is 1. The second kappa shape index (κ2) is 5.47. The van der Waals surface area contributed by atoms with Gasteiger partial charge in [0.2, 0.25) is 10.0 Å². The second-order valence-corrected chi connectivity index (χ2v) is 6.34. The molecule has 1 aromatic carbocycles.